The molecule has 1 heterocycles. The van der Waals surface area contributed by atoms with Crippen LogP contribution in [0.15, 0.2) is 0 Å². The van der Waals surface area contributed by atoms with E-state index in [1.165, 1.54) is 51.5 Å². The number of nitrogens with two attached hydrogens (primary N) is 1. The summed E-state index contributed by atoms with van der Waals surface area (Å²) in [5, 5.41) is 0. The van der Waals surface area contributed by atoms with Gasteiger partial charge in [0.15, 0.2) is 0 Å². The zero-order valence-electron chi connectivity index (χ0n) is 12.6. The van der Waals surface area contributed by atoms with E-state index in [0.717, 1.165) is 17.9 Å². The second kappa shape index (κ2) is 6.38. The molecule has 106 valence electrons. The molecule has 1 saturated heterocycles. The summed E-state index contributed by atoms with van der Waals surface area (Å²) in [7, 11) is 0. The Morgan fingerprint density at radius 3 is 2.17 bits per heavy atom. The van der Waals surface area contributed by atoms with E-state index >= 15 is 0 Å². The van der Waals surface area contributed by atoms with E-state index in [1.807, 2.05) is 0 Å². The zero-order chi connectivity index (χ0) is 13.1. The molecule has 0 amide bonds. The molecule has 2 heteroatoms. The van der Waals surface area contributed by atoms with Crippen molar-refractivity contribution in [2.75, 3.05) is 6.54 Å². The maximum absolute atomic E-state index is 6.20. The molecule has 18 heavy (non-hydrogen) atoms. The first-order valence-corrected chi connectivity index (χ1v) is 8.11. The zero-order valence-corrected chi connectivity index (χ0v) is 12.6. The van der Waals surface area contributed by atoms with Crippen molar-refractivity contribution in [1.82, 2.24) is 4.90 Å². The van der Waals surface area contributed by atoms with Crippen LogP contribution < -0.4 is 5.73 Å². The van der Waals surface area contributed by atoms with Crippen molar-refractivity contribution in [3.8, 4) is 0 Å². The fourth-order valence-electron chi connectivity index (χ4n) is 4.10. The Labute approximate surface area is 113 Å². The maximum Gasteiger partial charge on any atom is 0.0247 e. The highest BCUT2D eigenvalue weighted by molar-refractivity contribution is 4.90. The van der Waals surface area contributed by atoms with Gasteiger partial charge in [-0.05, 0) is 63.8 Å². The van der Waals surface area contributed by atoms with Crippen molar-refractivity contribution in [2.45, 2.75) is 83.8 Å². The Morgan fingerprint density at radius 1 is 0.944 bits per heavy atom. The molecule has 0 bridgehead atoms. The SMILES string of the molecule is CC(C)C1CCC(N2CCCCC2C(C)N)CC1. The number of rotatable bonds is 3. The van der Waals surface area contributed by atoms with Gasteiger partial charge >= 0.3 is 0 Å². The van der Waals surface area contributed by atoms with Crippen molar-refractivity contribution in [3.63, 3.8) is 0 Å². The van der Waals surface area contributed by atoms with Crippen molar-refractivity contribution in [2.24, 2.45) is 17.6 Å². The number of piperidine rings is 1. The third-order valence-electron chi connectivity index (χ3n) is 5.35. The Balaban J connectivity index is 1.91. The molecule has 2 N–H and O–H groups in total. The largest absolute Gasteiger partial charge is 0.327 e. The van der Waals surface area contributed by atoms with Gasteiger partial charge in [0.25, 0.3) is 0 Å². The Hall–Kier alpha value is -0.0800. The Kier molecular flexibility index (Phi) is 5.08. The summed E-state index contributed by atoms with van der Waals surface area (Å²) in [6.45, 7) is 8.26. The van der Waals surface area contributed by atoms with Gasteiger partial charge in [-0.1, -0.05) is 20.3 Å². The lowest BCUT2D eigenvalue weighted by Crippen LogP contribution is -2.54. The van der Waals surface area contributed by atoms with Crippen LogP contribution in [0.1, 0.15) is 65.7 Å². The number of nitrogens with zero attached hydrogens (tertiary/aromatic N) is 1. The van der Waals surface area contributed by atoms with Gasteiger partial charge in [-0.15, -0.1) is 0 Å². The predicted octanol–water partition coefficient (Wildman–Crippen LogP) is 3.40. The first-order valence-electron chi connectivity index (χ1n) is 8.11. The molecule has 2 rings (SSSR count). The van der Waals surface area contributed by atoms with Gasteiger partial charge < -0.3 is 5.73 Å². The lowest BCUT2D eigenvalue weighted by molar-refractivity contribution is 0.0477. The molecule has 0 spiro atoms. The van der Waals surface area contributed by atoms with E-state index in [9.17, 15) is 0 Å². The monoisotopic (exact) mass is 252 g/mol. The molecule has 0 aromatic rings. The van der Waals surface area contributed by atoms with Crippen LogP contribution in [0.2, 0.25) is 0 Å². The first-order chi connectivity index (χ1) is 8.59. The molecule has 2 fully saturated rings. The second-order valence-electron chi connectivity index (χ2n) is 6.97. The number of likely N-dealkylation sites (tertiary alicyclic amines) is 1. The standard InChI is InChI=1S/C16H32N2/c1-12(2)14-7-9-15(10-8-14)18-11-5-4-6-16(18)13(3)17/h12-16H,4-11,17H2,1-3H3. The fourth-order valence-corrected chi connectivity index (χ4v) is 4.10. The van der Waals surface area contributed by atoms with E-state index in [-0.39, 0.29) is 0 Å². The molecule has 2 aliphatic rings. The van der Waals surface area contributed by atoms with Crippen LogP contribution in [0.25, 0.3) is 0 Å². The van der Waals surface area contributed by atoms with Gasteiger partial charge in [0, 0.05) is 18.1 Å². The minimum absolute atomic E-state index is 0.341. The lowest BCUT2D eigenvalue weighted by atomic mass is 9.78. The Bertz CT molecular complexity index is 241. The molecule has 1 aliphatic heterocycles. The predicted molar refractivity (Wildman–Crippen MR) is 78.6 cm³/mol. The second-order valence-corrected chi connectivity index (χ2v) is 6.97. The van der Waals surface area contributed by atoms with Crippen LogP contribution in [0.3, 0.4) is 0 Å². The summed E-state index contributed by atoms with van der Waals surface area (Å²) in [4.78, 5) is 2.77. The molecule has 0 aromatic carbocycles. The molecule has 1 aliphatic carbocycles. The van der Waals surface area contributed by atoms with Gasteiger partial charge in [-0.3, -0.25) is 4.90 Å². The summed E-state index contributed by atoms with van der Waals surface area (Å²) >= 11 is 0. The fraction of sp³-hybridized carbons (Fsp3) is 1.00. The average Bonchev–Trinajstić information content (AvgIpc) is 2.39. The van der Waals surface area contributed by atoms with E-state index in [1.54, 1.807) is 0 Å². The van der Waals surface area contributed by atoms with Crippen LogP contribution >= 0.6 is 0 Å². The van der Waals surface area contributed by atoms with Crippen molar-refractivity contribution in [1.29, 1.82) is 0 Å². The highest BCUT2D eigenvalue weighted by atomic mass is 15.2. The smallest absolute Gasteiger partial charge is 0.0247 e. The van der Waals surface area contributed by atoms with E-state index in [0.29, 0.717) is 12.1 Å². The van der Waals surface area contributed by atoms with Crippen molar-refractivity contribution in [3.05, 3.63) is 0 Å². The van der Waals surface area contributed by atoms with Crippen LogP contribution in [-0.4, -0.2) is 29.6 Å². The minimum Gasteiger partial charge on any atom is -0.327 e. The molecule has 2 nitrogen and oxygen atoms in total. The van der Waals surface area contributed by atoms with Crippen LogP contribution in [0.4, 0.5) is 0 Å². The summed E-state index contributed by atoms with van der Waals surface area (Å²) in [5.74, 6) is 1.84. The number of hydrogen-bond donors (Lipinski definition) is 1. The summed E-state index contributed by atoms with van der Waals surface area (Å²) in [6.07, 6.45) is 9.77. The molecule has 2 unspecified atom stereocenters. The highest BCUT2D eigenvalue weighted by Crippen LogP contribution is 2.34. The maximum atomic E-state index is 6.20. The quantitative estimate of drug-likeness (QED) is 0.834. The van der Waals surface area contributed by atoms with Crippen LogP contribution in [0.5, 0.6) is 0 Å². The van der Waals surface area contributed by atoms with Gasteiger partial charge in [0.2, 0.25) is 0 Å². The molecule has 2 atom stereocenters. The summed E-state index contributed by atoms with van der Waals surface area (Å²) in [5.41, 5.74) is 6.20. The number of hydrogen-bond acceptors (Lipinski definition) is 2. The lowest BCUT2D eigenvalue weighted by Gasteiger charge is -2.46. The van der Waals surface area contributed by atoms with E-state index < -0.39 is 0 Å². The highest BCUT2D eigenvalue weighted by Gasteiger charge is 2.33. The van der Waals surface area contributed by atoms with Gasteiger partial charge in [-0.25, -0.2) is 0 Å². The molecule has 0 aromatic heterocycles. The topological polar surface area (TPSA) is 29.3 Å². The van der Waals surface area contributed by atoms with Gasteiger partial charge in [-0.2, -0.15) is 0 Å². The molecular weight excluding hydrogens is 220 g/mol. The first kappa shape index (κ1) is 14.3. The summed E-state index contributed by atoms with van der Waals surface area (Å²) < 4.78 is 0. The third kappa shape index (κ3) is 3.27. The molecule has 0 radical (unpaired) electrons. The van der Waals surface area contributed by atoms with Crippen molar-refractivity contribution < 1.29 is 0 Å². The van der Waals surface area contributed by atoms with Gasteiger partial charge in [0.1, 0.15) is 0 Å². The molecule has 1 saturated carbocycles. The third-order valence-corrected chi connectivity index (χ3v) is 5.35. The van der Waals surface area contributed by atoms with Crippen molar-refractivity contribution >= 4 is 0 Å². The molecular formula is C16H32N2. The normalized spacial score (nSPS) is 36.8. The minimum atomic E-state index is 0.341. The van der Waals surface area contributed by atoms with Gasteiger partial charge in [0.05, 0.1) is 0 Å². The summed E-state index contributed by atoms with van der Waals surface area (Å²) in [6, 6.07) is 1.82. The average molecular weight is 252 g/mol. The van der Waals surface area contributed by atoms with Crippen LogP contribution in [0, 0.1) is 11.8 Å². The van der Waals surface area contributed by atoms with Crippen LogP contribution in [-0.2, 0) is 0 Å². The Morgan fingerprint density at radius 2 is 1.61 bits per heavy atom. The van der Waals surface area contributed by atoms with E-state index in [2.05, 4.69) is 25.7 Å². The van der Waals surface area contributed by atoms with E-state index in [4.69, 9.17) is 5.73 Å².